The molecule has 0 unspecified atom stereocenters. The molecule has 130 valence electrons. The molecule has 0 aliphatic heterocycles. The van der Waals surface area contributed by atoms with E-state index >= 15 is 0 Å². The first kappa shape index (κ1) is 19.3. The molecule has 2 N–H and O–H groups in total. The average molecular weight is 321 g/mol. The molecule has 0 saturated heterocycles. The summed E-state index contributed by atoms with van der Waals surface area (Å²) in [5.74, 6) is 0.769. The number of aromatic hydroxyl groups is 1. The lowest BCUT2D eigenvalue weighted by Gasteiger charge is -2.10. The van der Waals surface area contributed by atoms with E-state index in [-0.39, 0.29) is 5.75 Å². The molecule has 0 atom stereocenters. The van der Waals surface area contributed by atoms with Gasteiger partial charge in [0, 0.05) is 11.6 Å². The van der Waals surface area contributed by atoms with Crippen molar-refractivity contribution in [3.05, 3.63) is 23.8 Å². The topological polar surface area (TPSA) is 62.0 Å². The Bertz CT molecular complexity index is 472. The van der Waals surface area contributed by atoms with Crippen LogP contribution in [0.2, 0.25) is 0 Å². The van der Waals surface area contributed by atoms with Gasteiger partial charge in [0.2, 0.25) is 0 Å². The minimum atomic E-state index is 0.111. The van der Waals surface area contributed by atoms with E-state index in [4.69, 9.17) is 4.74 Å². The Hall–Kier alpha value is -1.71. The molecule has 0 spiro atoms. The highest BCUT2D eigenvalue weighted by molar-refractivity contribution is 6.02. The Balaban J connectivity index is 2.53. The van der Waals surface area contributed by atoms with Crippen LogP contribution in [0, 0.1) is 0 Å². The van der Waals surface area contributed by atoms with Gasteiger partial charge in [-0.2, -0.15) is 0 Å². The number of rotatable bonds is 12. The summed E-state index contributed by atoms with van der Waals surface area (Å²) in [5.41, 5.74) is 1.12. The van der Waals surface area contributed by atoms with Gasteiger partial charge in [-0.25, -0.2) is 0 Å². The van der Waals surface area contributed by atoms with Gasteiger partial charge in [0.1, 0.15) is 11.5 Å². The van der Waals surface area contributed by atoms with Crippen LogP contribution in [-0.2, 0) is 0 Å². The molecule has 4 heteroatoms. The minimum absolute atomic E-state index is 0.111. The molecule has 1 rings (SSSR count). The molecule has 0 aliphatic rings. The van der Waals surface area contributed by atoms with E-state index in [0.29, 0.717) is 30.1 Å². The lowest BCUT2D eigenvalue weighted by molar-refractivity contribution is 0.303. The lowest BCUT2D eigenvalue weighted by atomic mass is 10.0. The van der Waals surface area contributed by atoms with Gasteiger partial charge in [-0.1, -0.05) is 57.5 Å². The molecule has 0 fully saturated rings. The second-order valence-corrected chi connectivity index (χ2v) is 5.95. The second-order valence-electron chi connectivity index (χ2n) is 5.95. The van der Waals surface area contributed by atoms with Crippen molar-refractivity contribution in [2.75, 3.05) is 6.61 Å². The summed E-state index contributed by atoms with van der Waals surface area (Å²) in [5, 5.41) is 22.7. The first-order chi connectivity index (χ1) is 11.2. The first-order valence-electron chi connectivity index (χ1n) is 8.90. The number of benzene rings is 1. The number of hydrogen-bond acceptors (Lipinski definition) is 4. The van der Waals surface area contributed by atoms with Crippen molar-refractivity contribution >= 4 is 5.71 Å². The highest BCUT2D eigenvalue weighted by Gasteiger charge is 2.11. The van der Waals surface area contributed by atoms with Crippen molar-refractivity contribution in [2.24, 2.45) is 5.16 Å². The maximum absolute atomic E-state index is 10.2. The van der Waals surface area contributed by atoms with Gasteiger partial charge < -0.3 is 15.1 Å². The monoisotopic (exact) mass is 321 g/mol. The standard InChI is InChI=1S/C19H31NO3/c1-3-5-7-9-11-18(20-22)17-13-12-16(15-19(17)21)23-14-10-8-6-4-2/h12-13,15,21-22H,3-11,14H2,1-2H3/b20-18-. The van der Waals surface area contributed by atoms with Crippen LogP contribution in [0.5, 0.6) is 11.5 Å². The quantitative estimate of drug-likeness (QED) is 0.231. The summed E-state index contributed by atoms with van der Waals surface area (Å²) in [6.45, 7) is 5.00. The number of unbranched alkanes of at least 4 members (excludes halogenated alkanes) is 6. The zero-order valence-corrected chi connectivity index (χ0v) is 14.6. The van der Waals surface area contributed by atoms with E-state index in [9.17, 15) is 10.3 Å². The molecule has 0 aromatic heterocycles. The first-order valence-corrected chi connectivity index (χ1v) is 8.90. The summed E-state index contributed by atoms with van der Waals surface area (Å²) in [6.07, 6.45) is 9.70. The maximum atomic E-state index is 10.2. The fourth-order valence-electron chi connectivity index (χ4n) is 2.52. The van der Waals surface area contributed by atoms with Gasteiger partial charge >= 0.3 is 0 Å². The van der Waals surface area contributed by atoms with Crippen LogP contribution in [-0.4, -0.2) is 22.6 Å². The predicted octanol–water partition coefficient (Wildman–Crippen LogP) is 5.50. The Labute approximate surface area is 140 Å². The third kappa shape index (κ3) is 7.40. The zero-order chi connectivity index (χ0) is 16.9. The molecule has 4 nitrogen and oxygen atoms in total. The molecule has 0 radical (unpaired) electrons. The van der Waals surface area contributed by atoms with Crippen molar-refractivity contribution in [3.63, 3.8) is 0 Å². The van der Waals surface area contributed by atoms with Gasteiger partial charge in [0.25, 0.3) is 0 Å². The molecule has 23 heavy (non-hydrogen) atoms. The molecular weight excluding hydrogens is 290 g/mol. The maximum Gasteiger partial charge on any atom is 0.128 e. The van der Waals surface area contributed by atoms with E-state index in [0.717, 1.165) is 19.3 Å². The lowest BCUT2D eigenvalue weighted by Crippen LogP contribution is -2.03. The van der Waals surface area contributed by atoms with Gasteiger partial charge in [-0.3, -0.25) is 0 Å². The van der Waals surface area contributed by atoms with E-state index in [1.54, 1.807) is 12.1 Å². The molecule has 1 aromatic carbocycles. The summed E-state index contributed by atoms with van der Waals surface area (Å²) >= 11 is 0. The average Bonchev–Trinajstić information content (AvgIpc) is 2.56. The van der Waals surface area contributed by atoms with Crippen molar-refractivity contribution in [2.45, 2.75) is 71.6 Å². The summed E-state index contributed by atoms with van der Waals surface area (Å²) in [4.78, 5) is 0. The van der Waals surface area contributed by atoms with Crippen LogP contribution in [0.4, 0.5) is 0 Å². The van der Waals surface area contributed by atoms with Gasteiger partial charge in [0.15, 0.2) is 0 Å². The third-order valence-corrected chi connectivity index (χ3v) is 3.93. The van der Waals surface area contributed by atoms with E-state index in [1.165, 1.54) is 32.1 Å². The van der Waals surface area contributed by atoms with E-state index in [1.807, 2.05) is 6.07 Å². The van der Waals surface area contributed by atoms with Crippen LogP contribution < -0.4 is 4.74 Å². The van der Waals surface area contributed by atoms with Crippen molar-refractivity contribution in [1.82, 2.24) is 0 Å². The van der Waals surface area contributed by atoms with Gasteiger partial charge in [-0.15, -0.1) is 0 Å². The summed E-state index contributed by atoms with van der Waals surface area (Å²) < 4.78 is 5.65. The third-order valence-electron chi connectivity index (χ3n) is 3.93. The molecule has 0 bridgehead atoms. The Morgan fingerprint density at radius 3 is 2.30 bits per heavy atom. The predicted molar refractivity (Wildman–Crippen MR) is 94.8 cm³/mol. The normalized spacial score (nSPS) is 11.7. The van der Waals surface area contributed by atoms with Crippen molar-refractivity contribution < 1.29 is 15.1 Å². The molecule has 0 heterocycles. The number of hydrogen-bond donors (Lipinski definition) is 2. The molecule has 0 saturated carbocycles. The number of oxime groups is 1. The number of phenolic OH excluding ortho intramolecular Hbond substituents is 1. The van der Waals surface area contributed by atoms with Crippen molar-refractivity contribution in [1.29, 1.82) is 0 Å². The fraction of sp³-hybridized carbons (Fsp3) is 0.632. The van der Waals surface area contributed by atoms with Gasteiger partial charge in [-0.05, 0) is 31.4 Å². The van der Waals surface area contributed by atoms with E-state index < -0.39 is 0 Å². The molecule has 0 amide bonds. The number of ether oxygens (including phenoxy) is 1. The number of nitrogens with zero attached hydrogens (tertiary/aromatic N) is 1. The highest BCUT2D eigenvalue weighted by atomic mass is 16.5. The molecular formula is C19H31NO3. The van der Waals surface area contributed by atoms with Crippen LogP contribution in [0.15, 0.2) is 23.4 Å². The smallest absolute Gasteiger partial charge is 0.128 e. The molecule has 1 aromatic rings. The number of phenols is 1. The van der Waals surface area contributed by atoms with Crippen LogP contribution in [0.1, 0.15) is 77.2 Å². The van der Waals surface area contributed by atoms with E-state index in [2.05, 4.69) is 19.0 Å². The van der Waals surface area contributed by atoms with Crippen LogP contribution in [0.25, 0.3) is 0 Å². The SMILES string of the molecule is CCCCCCOc1ccc(/C(CCCCCC)=N\O)c(O)c1. The summed E-state index contributed by atoms with van der Waals surface area (Å²) in [6, 6.07) is 5.20. The Kier molecular flexibility index (Phi) is 9.92. The summed E-state index contributed by atoms with van der Waals surface area (Å²) in [7, 11) is 0. The van der Waals surface area contributed by atoms with Crippen LogP contribution in [0.3, 0.4) is 0 Å². The Morgan fingerprint density at radius 1 is 1.00 bits per heavy atom. The highest BCUT2D eigenvalue weighted by Crippen LogP contribution is 2.26. The second kappa shape index (κ2) is 11.8. The largest absolute Gasteiger partial charge is 0.507 e. The minimum Gasteiger partial charge on any atom is -0.507 e. The van der Waals surface area contributed by atoms with Crippen molar-refractivity contribution in [3.8, 4) is 11.5 Å². The van der Waals surface area contributed by atoms with Crippen LogP contribution >= 0.6 is 0 Å². The fourth-order valence-corrected chi connectivity index (χ4v) is 2.52. The zero-order valence-electron chi connectivity index (χ0n) is 14.6. The van der Waals surface area contributed by atoms with Gasteiger partial charge in [0.05, 0.1) is 12.3 Å². The molecule has 0 aliphatic carbocycles. The Morgan fingerprint density at radius 2 is 1.70 bits per heavy atom.